The Hall–Kier alpha value is -2.23. The number of hydrogen-bond donors (Lipinski definition) is 1. The van der Waals surface area contributed by atoms with Gasteiger partial charge in [-0.05, 0) is 42.7 Å². The molecule has 0 aliphatic heterocycles. The molecule has 0 radical (unpaired) electrons. The van der Waals surface area contributed by atoms with Crippen molar-refractivity contribution in [2.24, 2.45) is 0 Å². The molecular formula is C16H15FN2O. The maximum Gasteiger partial charge on any atom is 0.235 e. The van der Waals surface area contributed by atoms with E-state index >= 15 is 0 Å². The molecule has 1 aromatic carbocycles. The normalized spacial score (nSPS) is 16.2. The maximum atomic E-state index is 13.4. The van der Waals surface area contributed by atoms with E-state index < -0.39 is 5.41 Å². The summed E-state index contributed by atoms with van der Waals surface area (Å²) in [7, 11) is 0. The van der Waals surface area contributed by atoms with Gasteiger partial charge in [0.15, 0.2) is 0 Å². The minimum atomic E-state index is -0.592. The smallest absolute Gasteiger partial charge is 0.235 e. The van der Waals surface area contributed by atoms with E-state index in [9.17, 15) is 9.18 Å². The van der Waals surface area contributed by atoms with Crippen LogP contribution >= 0.6 is 0 Å². The van der Waals surface area contributed by atoms with Crippen LogP contribution in [0.5, 0.6) is 0 Å². The zero-order chi connectivity index (χ0) is 14.0. The average Bonchev–Trinajstić information content (AvgIpc) is 2.38. The first kappa shape index (κ1) is 12.8. The van der Waals surface area contributed by atoms with E-state index in [-0.39, 0.29) is 11.7 Å². The molecule has 4 heteroatoms. The van der Waals surface area contributed by atoms with Crippen LogP contribution in [0.15, 0.2) is 48.8 Å². The van der Waals surface area contributed by atoms with Crippen LogP contribution in [0.4, 0.5) is 10.1 Å². The monoisotopic (exact) mass is 270 g/mol. The lowest BCUT2D eigenvalue weighted by Gasteiger charge is -2.40. The van der Waals surface area contributed by atoms with Gasteiger partial charge >= 0.3 is 0 Å². The molecule has 1 aromatic heterocycles. The number of carbonyl (C=O) groups excluding carboxylic acids is 1. The van der Waals surface area contributed by atoms with Crippen LogP contribution in [0.25, 0.3) is 0 Å². The van der Waals surface area contributed by atoms with Crippen LogP contribution in [0.2, 0.25) is 0 Å². The van der Waals surface area contributed by atoms with Crippen LogP contribution in [-0.4, -0.2) is 10.9 Å². The molecule has 0 unspecified atom stereocenters. The highest BCUT2D eigenvalue weighted by molar-refractivity contribution is 5.99. The van der Waals surface area contributed by atoms with E-state index in [1.54, 1.807) is 30.6 Å². The van der Waals surface area contributed by atoms with Crippen LogP contribution in [-0.2, 0) is 10.2 Å². The first-order chi connectivity index (χ1) is 9.71. The second-order valence-corrected chi connectivity index (χ2v) is 5.14. The van der Waals surface area contributed by atoms with Gasteiger partial charge in [0.05, 0.1) is 5.41 Å². The van der Waals surface area contributed by atoms with Crippen LogP contribution in [0.3, 0.4) is 0 Å². The second kappa shape index (κ2) is 5.04. The van der Waals surface area contributed by atoms with Crippen LogP contribution in [0, 0.1) is 5.82 Å². The molecule has 0 atom stereocenters. The summed E-state index contributed by atoms with van der Waals surface area (Å²) in [6.45, 7) is 0. The van der Waals surface area contributed by atoms with E-state index in [0.717, 1.165) is 24.8 Å². The van der Waals surface area contributed by atoms with Crippen molar-refractivity contribution in [3.05, 3.63) is 60.2 Å². The molecule has 0 spiro atoms. The maximum absolute atomic E-state index is 13.4. The van der Waals surface area contributed by atoms with Crippen molar-refractivity contribution in [3.8, 4) is 0 Å². The van der Waals surface area contributed by atoms with Crippen molar-refractivity contribution < 1.29 is 9.18 Å². The largest absolute Gasteiger partial charge is 0.325 e. The lowest BCUT2D eigenvalue weighted by atomic mass is 9.63. The summed E-state index contributed by atoms with van der Waals surface area (Å²) in [5, 5.41) is 2.90. The molecule has 20 heavy (non-hydrogen) atoms. The second-order valence-electron chi connectivity index (χ2n) is 5.14. The first-order valence-electron chi connectivity index (χ1n) is 6.68. The van der Waals surface area contributed by atoms with Gasteiger partial charge < -0.3 is 5.32 Å². The quantitative estimate of drug-likeness (QED) is 0.930. The molecule has 3 rings (SSSR count). The first-order valence-corrected chi connectivity index (χ1v) is 6.68. The van der Waals surface area contributed by atoms with Crippen molar-refractivity contribution in [2.75, 3.05) is 5.32 Å². The third-order valence-electron chi connectivity index (χ3n) is 3.96. The number of carbonyl (C=O) groups is 1. The topological polar surface area (TPSA) is 42.0 Å². The number of pyridine rings is 1. The average molecular weight is 270 g/mol. The van der Waals surface area contributed by atoms with E-state index in [4.69, 9.17) is 0 Å². The van der Waals surface area contributed by atoms with Gasteiger partial charge in [-0.3, -0.25) is 9.78 Å². The molecular weight excluding hydrogens is 255 g/mol. The molecule has 1 amide bonds. The Bertz CT molecular complexity index is 623. The van der Waals surface area contributed by atoms with Gasteiger partial charge in [0.25, 0.3) is 0 Å². The summed E-state index contributed by atoms with van der Waals surface area (Å²) >= 11 is 0. The summed E-state index contributed by atoms with van der Waals surface area (Å²) in [6.07, 6.45) is 5.76. The highest BCUT2D eigenvalue weighted by Gasteiger charge is 2.45. The predicted molar refractivity (Wildman–Crippen MR) is 74.8 cm³/mol. The van der Waals surface area contributed by atoms with Gasteiger partial charge in [-0.2, -0.15) is 0 Å². The molecule has 1 saturated carbocycles. The molecule has 102 valence electrons. The van der Waals surface area contributed by atoms with E-state index in [2.05, 4.69) is 10.3 Å². The van der Waals surface area contributed by atoms with Gasteiger partial charge in [-0.25, -0.2) is 4.39 Å². The Balaban J connectivity index is 1.87. The Kier molecular flexibility index (Phi) is 3.22. The number of halogens is 1. The molecule has 1 aliphatic carbocycles. The number of anilines is 1. The van der Waals surface area contributed by atoms with Gasteiger partial charge in [0.2, 0.25) is 5.91 Å². The highest BCUT2D eigenvalue weighted by Crippen LogP contribution is 2.44. The molecule has 0 saturated heterocycles. The van der Waals surface area contributed by atoms with Crippen molar-refractivity contribution >= 4 is 11.6 Å². The summed E-state index contributed by atoms with van der Waals surface area (Å²) in [4.78, 5) is 16.5. The number of aromatic nitrogens is 1. The number of rotatable bonds is 3. The number of benzene rings is 1. The fourth-order valence-corrected chi connectivity index (χ4v) is 2.65. The van der Waals surface area contributed by atoms with Gasteiger partial charge in [0, 0.05) is 18.1 Å². The molecule has 3 nitrogen and oxygen atoms in total. The van der Waals surface area contributed by atoms with Crippen molar-refractivity contribution in [2.45, 2.75) is 24.7 Å². The van der Waals surface area contributed by atoms with Crippen LogP contribution < -0.4 is 5.32 Å². The predicted octanol–water partition coefficient (Wildman–Crippen LogP) is 3.28. The Morgan fingerprint density at radius 1 is 1.20 bits per heavy atom. The Morgan fingerprint density at radius 3 is 2.55 bits per heavy atom. The minimum Gasteiger partial charge on any atom is -0.325 e. The van der Waals surface area contributed by atoms with Gasteiger partial charge in [-0.1, -0.05) is 18.6 Å². The highest BCUT2D eigenvalue weighted by atomic mass is 19.1. The van der Waals surface area contributed by atoms with E-state index in [0.29, 0.717) is 5.69 Å². The lowest BCUT2D eigenvalue weighted by molar-refractivity contribution is -0.124. The van der Waals surface area contributed by atoms with E-state index in [1.165, 1.54) is 12.1 Å². The Labute approximate surface area is 116 Å². The summed E-state index contributed by atoms with van der Waals surface area (Å²) in [5.41, 5.74) is 0.883. The summed E-state index contributed by atoms with van der Waals surface area (Å²) in [6, 6.07) is 9.84. The molecule has 1 aliphatic rings. The molecule has 0 bridgehead atoms. The van der Waals surface area contributed by atoms with Gasteiger partial charge in [0.1, 0.15) is 5.82 Å². The number of hydrogen-bond acceptors (Lipinski definition) is 2. The van der Waals surface area contributed by atoms with Crippen molar-refractivity contribution in [1.82, 2.24) is 4.98 Å². The SMILES string of the molecule is O=C(Nc1ccncc1)C1(c2cccc(F)c2)CCC1. The fourth-order valence-electron chi connectivity index (χ4n) is 2.65. The fraction of sp³-hybridized carbons (Fsp3) is 0.250. The molecule has 1 fully saturated rings. The Morgan fingerprint density at radius 2 is 1.95 bits per heavy atom. The molecule has 1 heterocycles. The molecule has 2 aromatic rings. The third kappa shape index (κ3) is 2.18. The van der Waals surface area contributed by atoms with Crippen LogP contribution in [0.1, 0.15) is 24.8 Å². The van der Waals surface area contributed by atoms with Crippen molar-refractivity contribution in [1.29, 1.82) is 0 Å². The standard InChI is InChI=1S/C16H15FN2O/c17-13-4-1-3-12(11-13)16(7-2-8-16)15(20)19-14-5-9-18-10-6-14/h1,3-6,9-11H,2,7-8H2,(H,18,19,20). The summed E-state index contributed by atoms with van der Waals surface area (Å²) in [5.74, 6) is -0.369. The number of nitrogens with zero attached hydrogens (tertiary/aromatic N) is 1. The van der Waals surface area contributed by atoms with E-state index in [1.807, 2.05) is 6.07 Å². The third-order valence-corrected chi connectivity index (χ3v) is 3.96. The zero-order valence-corrected chi connectivity index (χ0v) is 11.0. The summed E-state index contributed by atoms with van der Waals surface area (Å²) < 4.78 is 13.4. The lowest BCUT2D eigenvalue weighted by Crippen LogP contribution is -2.46. The minimum absolute atomic E-state index is 0.0689. The van der Waals surface area contributed by atoms with Gasteiger partial charge in [-0.15, -0.1) is 0 Å². The van der Waals surface area contributed by atoms with Crippen molar-refractivity contribution in [3.63, 3.8) is 0 Å². The zero-order valence-electron chi connectivity index (χ0n) is 11.0. The molecule has 1 N–H and O–H groups in total. The number of nitrogens with one attached hydrogen (secondary N) is 1. The number of amides is 1.